The first-order valence-electron chi connectivity index (χ1n) is 10.4. The van der Waals surface area contributed by atoms with Gasteiger partial charge in [0, 0.05) is 40.5 Å². The highest BCUT2D eigenvalue weighted by atomic mass is 16.5. The van der Waals surface area contributed by atoms with Gasteiger partial charge in [0.1, 0.15) is 12.4 Å². The molecule has 2 rings (SSSR count). The molecule has 2 N–H and O–H groups in total. The Balaban J connectivity index is 1.77. The molecule has 0 atom stereocenters. The molecule has 0 aliphatic heterocycles. The minimum atomic E-state index is 0.341. The summed E-state index contributed by atoms with van der Waals surface area (Å²) in [5.41, 5.74) is 1.53. The van der Waals surface area contributed by atoms with E-state index in [9.17, 15) is 0 Å². The first kappa shape index (κ1) is 22.5. The Morgan fingerprint density at radius 3 is 2.46 bits per heavy atom. The number of methoxy groups -OCH3 is 1. The summed E-state index contributed by atoms with van der Waals surface area (Å²) >= 11 is 0. The molecule has 1 aliphatic rings. The number of hydrogen-bond acceptors (Lipinski definition) is 4. The van der Waals surface area contributed by atoms with Crippen LogP contribution in [0.5, 0.6) is 5.75 Å². The van der Waals surface area contributed by atoms with Crippen molar-refractivity contribution < 1.29 is 14.2 Å². The summed E-state index contributed by atoms with van der Waals surface area (Å²) in [7, 11) is 3.50. The minimum absolute atomic E-state index is 0.341. The van der Waals surface area contributed by atoms with Crippen LogP contribution in [0, 0.1) is 5.41 Å². The van der Waals surface area contributed by atoms with E-state index in [2.05, 4.69) is 34.7 Å². The lowest BCUT2D eigenvalue weighted by molar-refractivity contribution is 0.105. The van der Waals surface area contributed by atoms with Crippen LogP contribution in [0.2, 0.25) is 0 Å². The topological polar surface area (TPSA) is 64.1 Å². The minimum Gasteiger partial charge on any atom is -0.491 e. The van der Waals surface area contributed by atoms with Crippen LogP contribution in [0.1, 0.15) is 44.6 Å². The smallest absolute Gasteiger partial charge is 0.191 e. The van der Waals surface area contributed by atoms with E-state index in [0.717, 1.165) is 44.4 Å². The van der Waals surface area contributed by atoms with Gasteiger partial charge in [0.15, 0.2) is 5.96 Å². The summed E-state index contributed by atoms with van der Waals surface area (Å²) in [5, 5.41) is 6.95. The number of guanidine groups is 1. The fourth-order valence-corrected chi connectivity index (χ4v) is 3.70. The normalized spacial score (nSPS) is 16.2. The SMILES string of the molecule is CCOCCC1(CNC(=NC)NCc2ccc(OCCOC)cc2)CCCC1. The molecular weight excluding hydrogens is 354 g/mol. The maximum absolute atomic E-state index is 5.61. The van der Waals surface area contributed by atoms with Crippen LogP contribution >= 0.6 is 0 Å². The van der Waals surface area contributed by atoms with Gasteiger partial charge in [-0.25, -0.2) is 0 Å². The zero-order valence-electron chi connectivity index (χ0n) is 17.8. The molecule has 1 saturated carbocycles. The molecular formula is C22H37N3O3. The molecule has 28 heavy (non-hydrogen) atoms. The van der Waals surface area contributed by atoms with Gasteiger partial charge in [0.05, 0.1) is 6.61 Å². The molecule has 6 heteroatoms. The van der Waals surface area contributed by atoms with E-state index in [0.29, 0.717) is 18.6 Å². The zero-order valence-corrected chi connectivity index (χ0v) is 17.8. The van der Waals surface area contributed by atoms with E-state index in [1.165, 1.54) is 31.2 Å². The van der Waals surface area contributed by atoms with Gasteiger partial charge in [0.25, 0.3) is 0 Å². The van der Waals surface area contributed by atoms with Crippen LogP contribution in [0.3, 0.4) is 0 Å². The summed E-state index contributed by atoms with van der Waals surface area (Å²) in [4.78, 5) is 4.38. The van der Waals surface area contributed by atoms with E-state index >= 15 is 0 Å². The largest absolute Gasteiger partial charge is 0.491 e. The Bertz CT molecular complexity index is 569. The molecule has 0 heterocycles. The molecule has 0 spiro atoms. The number of nitrogens with zero attached hydrogens (tertiary/aromatic N) is 1. The fourth-order valence-electron chi connectivity index (χ4n) is 3.70. The molecule has 158 valence electrons. The van der Waals surface area contributed by atoms with Crippen molar-refractivity contribution in [1.29, 1.82) is 0 Å². The van der Waals surface area contributed by atoms with Crippen molar-refractivity contribution in [2.24, 2.45) is 10.4 Å². The van der Waals surface area contributed by atoms with Crippen molar-refractivity contribution in [2.75, 3.05) is 47.1 Å². The summed E-state index contributed by atoms with van der Waals surface area (Å²) in [5.74, 6) is 1.71. The Hall–Kier alpha value is -1.79. The van der Waals surface area contributed by atoms with Crippen molar-refractivity contribution in [1.82, 2.24) is 10.6 Å². The lowest BCUT2D eigenvalue weighted by atomic mass is 9.83. The van der Waals surface area contributed by atoms with Gasteiger partial charge < -0.3 is 24.8 Å². The van der Waals surface area contributed by atoms with E-state index in [1.54, 1.807) is 7.11 Å². The predicted molar refractivity (Wildman–Crippen MR) is 114 cm³/mol. The lowest BCUT2D eigenvalue weighted by Gasteiger charge is -2.30. The Morgan fingerprint density at radius 1 is 1.07 bits per heavy atom. The summed E-state index contributed by atoms with van der Waals surface area (Å²) < 4.78 is 16.2. The summed E-state index contributed by atoms with van der Waals surface area (Å²) in [6, 6.07) is 8.13. The number of nitrogens with one attached hydrogen (secondary N) is 2. The van der Waals surface area contributed by atoms with Gasteiger partial charge in [-0.15, -0.1) is 0 Å². The second kappa shape index (κ2) is 12.6. The maximum Gasteiger partial charge on any atom is 0.191 e. The number of aliphatic imine (C=N–C) groups is 1. The zero-order chi connectivity index (χ0) is 20.1. The highest BCUT2D eigenvalue weighted by Crippen LogP contribution is 2.40. The third-order valence-corrected chi connectivity index (χ3v) is 5.44. The molecule has 6 nitrogen and oxygen atoms in total. The Morgan fingerprint density at radius 2 is 1.82 bits per heavy atom. The first-order chi connectivity index (χ1) is 13.7. The highest BCUT2D eigenvalue weighted by Gasteiger charge is 2.33. The van der Waals surface area contributed by atoms with Crippen molar-refractivity contribution >= 4 is 5.96 Å². The predicted octanol–water partition coefficient (Wildman–Crippen LogP) is 3.36. The average molecular weight is 392 g/mol. The third kappa shape index (κ3) is 7.68. The van der Waals surface area contributed by atoms with E-state index in [1.807, 2.05) is 19.2 Å². The molecule has 0 bridgehead atoms. The van der Waals surface area contributed by atoms with Crippen LogP contribution < -0.4 is 15.4 Å². The molecule has 1 aromatic carbocycles. The fraction of sp³-hybridized carbons (Fsp3) is 0.682. The van der Waals surface area contributed by atoms with Crippen molar-refractivity contribution in [3.8, 4) is 5.75 Å². The van der Waals surface area contributed by atoms with Gasteiger partial charge in [-0.3, -0.25) is 4.99 Å². The van der Waals surface area contributed by atoms with E-state index in [4.69, 9.17) is 14.2 Å². The maximum atomic E-state index is 5.61. The second-order valence-corrected chi connectivity index (χ2v) is 7.42. The lowest BCUT2D eigenvalue weighted by Crippen LogP contribution is -2.43. The van der Waals surface area contributed by atoms with Crippen LogP contribution in [0.15, 0.2) is 29.3 Å². The van der Waals surface area contributed by atoms with E-state index in [-0.39, 0.29) is 0 Å². The highest BCUT2D eigenvalue weighted by molar-refractivity contribution is 5.79. The number of benzene rings is 1. The Kier molecular flexibility index (Phi) is 10.1. The van der Waals surface area contributed by atoms with Crippen LogP contribution in [-0.4, -0.2) is 53.1 Å². The van der Waals surface area contributed by atoms with Crippen molar-refractivity contribution in [3.05, 3.63) is 29.8 Å². The van der Waals surface area contributed by atoms with Gasteiger partial charge in [-0.1, -0.05) is 25.0 Å². The van der Waals surface area contributed by atoms with Crippen LogP contribution in [-0.2, 0) is 16.0 Å². The van der Waals surface area contributed by atoms with Gasteiger partial charge in [0.2, 0.25) is 0 Å². The van der Waals surface area contributed by atoms with E-state index < -0.39 is 0 Å². The van der Waals surface area contributed by atoms with Crippen molar-refractivity contribution in [2.45, 2.75) is 45.6 Å². The molecule has 0 aromatic heterocycles. The third-order valence-electron chi connectivity index (χ3n) is 5.44. The molecule has 1 fully saturated rings. The number of ether oxygens (including phenoxy) is 3. The number of rotatable bonds is 12. The molecule has 0 unspecified atom stereocenters. The molecule has 0 radical (unpaired) electrons. The molecule has 1 aromatic rings. The Labute approximate surface area is 170 Å². The average Bonchev–Trinajstić information content (AvgIpc) is 3.18. The summed E-state index contributed by atoms with van der Waals surface area (Å²) in [6.45, 7) is 6.54. The second-order valence-electron chi connectivity index (χ2n) is 7.42. The van der Waals surface area contributed by atoms with Crippen LogP contribution in [0.25, 0.3) is 0 Å². The van der Waals surface area contributed by atoms with Gasteiger partial charge >= 0.3 is 0 Å². The van der Waals surface area contributed by atoms with Gasteiger partial charge in [-0.05, 0) is 49.3 Å². The van der Waals surface area contributed by atoms with Gasteiger partial charge in [-0.2, -0.15) is 0 Å². The first-order valence-corrected chi connectivity index (χ1v) is 10.4. The monoisotopic (exact) mass is 391 g/mol. The van der Waals surface area contributed by atoms with Crippen molar-refractivity contribution in [3.63, 3.8) is 0 Å². The molecule has 0 saturated heterocycles. The summed E-state index contributed by atoms with van der Waals surface area (Å²) in [6.07, 6.45) is 6.30. The molecule has 1 aliphatic carbocycles. The quantitative estimate of drug-likeness (QED) is 0.325. The molecule has 0 amide bonds. The standard InChI is InChI=1S/C22H37N3O3/c1-4-27-14-13-22(11-5-6-12-22)18-25-21(23-2)24-17-19-7-9-20(10-8-19)28-16-15-26-3/h7-10H,4-6,11-18H2,1-3H3,(H2,23,24,25). The van der Waals surface area contributed by atoms with Crippen LogP contribution in [0.4, 0.5) is 0 Å². The number of hydrogen-bond donors (Lipinski definition) is 2.